The summed E-state index contributed by atoms with van der Waals surface area (Å²) in [6.07, 6.45) is 1.17. The Labute approximate surface area is 165 Å². The first kappa shape index (κ1) is 19.5. The fourth-order valence-electron chi connectivity index (χ4n) is 3.74. The molecule has 5 nitrogen and oxygen atoms in total. The number of nitrogens with zero attached hydrogens (tertiary/aromatic N) is 1. The average Bonchev–Trinajstić information content (AvgIpc) is 3.08. The Morgan fingerprint density at radius 3 is 2.56 bits per heavy atom. The molecule has 0 aromatic heterocycles. The molecule has 2 aromatic carbocycles. The summed E-state index contributed by atoms with van der Waals surface area (Å²) in [4.78, 5) is 14.5. The number of benzene rings is 2. The monoisotopic (exact) mass is 388 g/mol. The van der Waals surface area contributed by atoms with Crippen molar-refractivity contribution in [1.82, 2.24) is 4.90 Å². The van der Waals surface area contributed by atoms with Crippen LogP contribution in [-0.4, -0.2) is 43.2 Å². The van der Waals surface area contributed by atoms with E-state index < -0.39 is 0 Å². The summed E-state index contributed by atoms with van der Waals surface area (Å²) in [5.41, 5.74) is 8.60. The van der Waals surface area contributed by atoms with Crippen LogP contribution < -0.4 is 15.2 Å². The van der Waals surface area contributed by atoms with E-state index in [1.807, 2.05) is 41.3 Å². The van der Waals surface area contributed by atoms with Gasteiger partial charge in [0.25, 0.3) is 0 Å². The van der Waals surface area contributed by atoms with Crippen molar-refractivity contribution in [3.63, 3.8) is 0 Å². The largest absolute Gasteiger partial charge is 0.486 e. The van der Waals surface area contributed by atoms with Gasteiger partial charge in [-0.15, -0.1) is 12.4 Å². The summed E-state index contributed by atoms with van der Waals surface area (Å²) < 4.78 is 11.1. The van der Waals surface area contributed by atoms with E-state index in [1.54, 1.807) is 0 Å². The first-order valence-corrected chi connectivity index (χ1v) is 9.17. The molecule has 0 saturated carbocycles. The predicted molar refractivity (Wildman–Crippen MR) is 107 cm³/mol. The quantitative estimate of drug-likeness (QED) is 0.874. The molecule has 144 valence electrons. The number of carbonyl (C=O) groups is 1. The van der Waals surface area contributed by atoms with Crippen LogP contribution in [0.15, 0.2) is 48.5 Å². The lowest BCUT2D eigenvalue weighted by Gasteiger charge is -2.19. The maximum absolute atomic E-state index is 12.6. The number of nitrogens with two attached hydrogens (primary N) is 1. The van der Waals surface area contributed by atoms with E-state index in [2.05, 4.69) is 12.1 Å². The van der Waals surface area contributed by atoms with Crippen LogP contribution in [-0.2, 0) is 11.2 Å². The second kappa shape index (κ2) is 8.63. The van der Waals surface area contributed by atoms with Crippen LogP contribution in [0.4, 0.5) is 0 Å². The first-order chi connectivity index (χ1) is 12.7. The molecule has 2 aromatic rings. The second-order valence-electron chi connectivity index (χ2n) is 6.96. The Hall–Kier alpha value is -2.24. The Bertz CT molecular complexity index is 784. The Morgan fingerprint density at radius 2 is 1.78 bits per heavy atom. The van der Waals surface area contributed by atoms with Crippen molar-refractivity contribution in [2.45, 2.75) is 24.8 Å². The van der Waals surface area contributed by atoms with Crippen LogP contribution in [0, 0.1) is 0 Å². The number of ether oxygens (including phenoxy) is 2. The zero-order chi connectivity index (χ0) is 17.9. The van der Waals surface area contributed by atoms with Gasteiger partial charge in [0, 0.05) is 31.5 Å². The highest BCUT2D eigenvalue weighted by atomic mass is 35.5. The summed E-state index contributed by atoms with van der Waals surface area (Å²) >= 11 is 0. The van der Waals surface area contributed by atoms with Gasteiger partial charge in [-0.3, -0.25) is 4.79 Å². The number of likely N-dealkylation sites (tertiary alicyclic amines) is 1. The third-order valence-electron chi connectivity index (χ3n) is 5.18. The number of rotatable bonds is 4. The molecule has 0 bridgehead atoms. The van der Waals surface area contributed by atoms with Crippen molar-refractivity contribution < 1.29 is 14.3 Å². The molecule has 2 aliphatic heterocycles. The molecule has 0 aliphatic carbocycles. The van der Waals surface area contributed by atoms with Crippen LogP contribution in [0.3, 0.4) is 0 Å². The Kier molecular flexibility index (Phi) is 6.24. The molecule has 27 heavy (non-hydrogen) atoms. The van der Waals surface area contributed by atoms with Gasteiger partial charge in [-0.2, -0.15) is 0 Å². The van der Waals surface area contributed by atoms with E-state index in [0.717, 1.165) is 17.1 Å². The maximum Gasteiger partial charge on any atom is 0.222 e. The van der Waals surface area contributed by atoms with Crippen LogP contribution in [0.5, 0.6) is 11.5 Å². The molecular weight excluding hydrogens is 364 g/mol. The van der Waals surface area contributed by atoms with Crippen LogP contribution in [0.2, 0.25) is 0 Å². The third kappa shape index (κ3) is 4.37. The van der Waals surface area contributed by atoms with Crippen molar-refractivity contribution in [2.75, 3.05) is 26.3 Å². The molecular formula is C21H25ClN2O3. The van der Waals surface area contributed by atoms with E-state index >= 15 is 0 Å². The van der Waals surface area contributed by atoms with Gasteiger partial charge < -0.3 is 20.1 Å². The van der Waals surface area contributed by atoms with E-state index in [-0.39, 0.29) is 30.3 Å². The molecule has 2 aliphatic rings. The lowest BCUT2D eigenvalue weighted by Crippen LogP contribution is -2.32. The van der Waals surface area contributed by atoms with Crippen LogP contribution >= 0.6 is 12.4 Å². The van der Waals surface area contributed by atoms with E-state index in [0.29, 0.717) is 39.1 Å². The lowest BCUT2D eigenvalue weighted by atomic mass is 9.95. The van der Waals surface area contributed by atoms with Gasteiger partial charge in [0.1, 0.15) is 13.2 Å². The smallest absolute Gasteiger partial charge is 0.222 e. The Balaban J connectivity index is 0.00000210. The van der Waals surface area contributed by atoms with Crippen LogP contribution in [0.25, 0.3) is 0 Å². The first-order valence-electron chi connectivity index (χ1n) is 9.17. The molecule has 0 spiro atoms. The number of halogens is 1. The van der Waals surface area contributed by atoms with Crippen molar-refractivity contribution in [2.24, 2.45) is 5.73 Å². The fourth-order valence-corrected chi connectivity index (χ4v) is 3.74. The minimum absolute atomic E-state index is 0. The number of hydrogen-bond acceptors (Lipinski definition) is 4. The van der Waals surface area contributed by atoms with E-state index in [4.69, 9.17) is 15.2 Å². The molecule has 6 heteroatoms. The molecule has 2 atom stereocenters. The van der Waals surface area contributed by atoms with Gasteiger partial charge in [0.15, 0.2) is 11.5 Å². The highest BCUT2D eigenvalue weighted by molar-refractivity contribution is 5.85. The van der Waals surface area contributed by atoms with Crippen molar-refractivity contribution in [3.05, 3.63) is 59.7 Å². The van der Waals surface area contributed by atoms with Gasteiger partial charge in [-0.25, -0.2) is 0 Å². The highest BCUT2D eigenvalue weighted by Gasteiger charge is 2.33. The highest BCUT2D eigenvalue weighted by Crippen LogP contribution is 2.31. The summed E-state index contributed by atoms with van der Waals surface area (Å²) in [7, 11) is 0. The second-order valence-corrected chi connectivity index (χ2v) is 6.96. The molecule has 1 amide bonds. The van der Waals surface area contributed by atoms with Crippen LogP contribution in [0.1, 0.15) is 23.5 Å². The summed E-state index contributed by atoms with van der Waals surface area (Å²) in [5.74, 6) is 1.93. The predicted octanol–water partition coefficient (Wildman–Crippen LogP) is 2.77. The fraction of sp³-hybridized carbons (Fsp3) is 0.381. The average molecular weight is 389 g/mol. The van der Waals surface area contributed by atoms with Gasteiger partial charge in [-0.05, 0) is 29.7 Å². The van der Waals surface area contributed by atoms with Gasteiger partial charge in [0.2, 0.25) is 5.91 Å². The van der Waals surface area contributed by atoms with Gasteiger partial charge >= 0.3 is 0 Å². The standard InChI is InChI=1S/C21H24N2O3.ClH/c22-18-14-23(13-17(18)16-4-2-1-3-5-16)21(24)9-7-15-6-8-19-20(12-15)26-11-10-25-19;/h1-6,8,12,17-18H,7,9-11,13-14,22H2;1H/t17-,18+;/m0./s1. The van der Waals surface area contributed by atoms with E-state index in [9.17, 15) is 4.79 Å². The minimum atomic E-state index is -0.00403. The number of hydrogen-bond donors (Lipinski definition) is 1. The summed E-state index contributed by atoms with van der Waals surface area (Å²) in [6.45, 7) is 2.48. The van der Waals surface area contributed by atoms with E-state index in [1.165, 1.54) is 5.56 Å². The molecule has 2 heterocycles. The SMILES string of the molecule is Cl.N[C@@H]1CN(C(=O)CCc2ccc3c(c2)OCCO3)C[C@H]1c1ccccc1. The molecule has 2 N–H and O–H groups in total. The van der Waals surface area contributed by atoms with Crippen molar-refractivity contribution >= 4 is 18.3 Å². The van der Waals surface area contributed by atoms with Crippen molar-refractivity contribution in [1.29, 1.82) is 0 Å². The van der Waals surface area contributed by atoms with Gasteiger partial charge in [-0.1, -0.05) is 36.4 Å². The zero-order valence-corrected chi connectivity index (χ0v) is 16.0. The topological polar surface area (TPSA) is 64.8 Å². The number of carbonyl (C=O) groups excluding carboxylic acids is 1. The zero-order valence-electron chi connectivity index (χ0n) is 15.2. The summed E-state index contributed by atoms with van der Waals surface area (Å²) in [6, 6.07) is 16.1. The maximum atomic E-state index is 12.6. The normalized spacial score (nSPS) is 20.9. The number of amides is 1. The Morgan fingerprint density at radius 1 is 1.04 bits per heavy atom. The molecule has 0 unspecified atom stereocenters. The molecule has 0 radical (unpaired) electrons. The molecule has 1 fully saturated rings. The molecule has 1 saturated heterocycles. The number of aryl methyl sites for hydroxylation is 1. The minimum Gasteiger partial charge on any atom is -0.486 e. The lowest BCUT2D eigenvalue weighted by molar-refractivity contribution is -0.130. The third-order valence-corrected chi connectivity index (χ3v) is 5.18. The molecule has 4 rings (SSSR count). The number of fused-ring (bicyclic) bond motifs is 1. The van der Waals surface area contributed by atoms with Crippen molar-refractivity contribution in [3.8, 4) is 11.5 Å². The van der Waals surface area contributed by atoms with Gasteiger partial charge in [0.05, 0.1) is 0 Å². The summed E-state index contributed by atoms with van der Waals surface area (Å²) in [5, 5.41) is 0.